The molecule has 0 amide bonds. The van der Waals surface area contributed by atoms with E-state index in [2.05, 4.69) is 12.0 Å². The summed E-state index contributed by atoms with van der Waals surface area (Å²) >= 11 is 0. The Morgan fingerprint density at radius 1 is 1.69 bits per heavy atom. The van der Waals surface area contributed by atoms with Gasteiger partial charge in [0.15, 0.2) is 6.29 Å². The molecule has 2 rings (SSSR count). The van der Waals surface area contributed by atoms with E-state index in [4.69, 9.17) is 0 Å². The fraction of sp³-hybridized carbons (Fsp3) is 0.600. The number of nitrogens with zero attached hydrogens (tertiary/aromatic N) is 2. The molecule has 0 aliphatic heterocycles. The number of aryl methyl sites for hydroxylation is 1. The molecular formula is C10H14N2O. The summed E-state index contributed by atoms with van der Waals surface area (Å²) in [6.07, 6.45) is 6.12. The zero-order chi connectivity index (χ0) is 9.26. The third-order valence-corrected chi connectivity index (χ3v) is 2.44. The lowest BCUT2D eigenvalue weighted by Crippen LogP contribution is -2.04. The van der Waals surface area contributed by atoms with E-state index in [0.717, 1.165) is 30.5 Å². The van der Waals surface area contributed by atoms with Gasteiger partial charge in [0, 0.05) is 12.5 Å². The van der Waals surface area contributed by atoms with Crippen LogP contribution in [0.15, 0.2) is 6.20 Å². The van der Waals surface area contributed by atoms with Crippen molar-refractivity contribution in [1.29, 1.82) is 0 Å². The molecule has 13 heavy (non-hydrogen) atoms. The van der Waals surface area contributed by atoms with Crippen LogP contribution in [-0.4, -0.2) is 16.1 Å². The molecular weight excluding hydrogens is 164 g/mol. The molecule has 1 aromatic heterocycles. The standard InChI is InChI=1S/C10H14N2O/c1-2-5-12-10(8-3-4-8)9(7-13)6-11-12/h6-8H,2-5H2,1H3. The van der Waals surface area contributed by atoms with Crippen LogP contribution in [0, 0.1) is 0 Å². The van der Waals surface area contributed by atoms with Crippen molar-refractivity contribution in [3.63, 3.8) is 0 Å². The molecule has 1 heterocycles. The molecule has 0 atom stereocenters. The normalized spacial score (nSPS) is 16.1. The Hall–Kier alpha value is -1.12. The Morgan fingerprint density at radius 3 is 3.00 bits per heavy atom. The molecule has 1 aliphatic rings. The molecule has 0 bridgehead atoms. The van der Waals surface area contributed by atoms with Crippen molar-refractivity contribution in [1.82, 2.24) is 9.78 Å². The van der Waals surface area contributed by atoms with Crippen molar-refractivity contribution in [3.8, 4) is 0 Å². The predicted octanol–water partition coefficient (Wildman–Crippen LogP) is 1.98. The number of aromatic nitrogens is 2. The quantitative estimate of drug-likeness (QED) is 0.661. The molecule has 0 saturated heterocycles. The van der Waals surface area contributed by atoms with E-state index in [1.807, 2.05) is 4.68 Å². The van der Waals surface area contributed by atoms with Gasteiger partial charge in [-0.2, -0.15) is 5.10 Å². The molecule has 1 aromatic rings. The van der Waals surface area contributed by atoms with Gasteiger partial charge in [-0.25, -0.2) is 0 Å². The van der Waals surface area contributed by atoms with E-state index in [-0.39, 0.29) is 0 Å². The third-order valence-electron chi connectivity index (χ3n) is 2.44. The van der Waals surface area contributed by atoms with E-state index in [0.29, 0.717) is 5.92 Å². The first kappa shape index (κ1) is 8.48. The maximum atomic E-state index is 10.7. The highest BCUT2D eigenvalue weighted by molar-refractivity contribution is 5.76. The van der Waals surface area contributed by atoms with E-state index in [1.165, 1.54) is 12.8 Å². The third kappa shape index (κ3) is 1.50. The number of carbonyl (C=O) groups excluding carboxylic acids is 1. The summed E-state index contributed by atoms with van der Waals surface area (Å²) in [5.41, 5.74) is 1.95. The van der Waals surface area contributed by atoms with Crippen LogP contribution in [0.2, 0.25) is 0 Å². The molecule has 0 N–H and O–H groups in total. The van der Waals surface area contributed by atoms with Crippen molar-refractivity contribution in [2.75, 3.05) is 0 Å². The lowest BCUT2D eigenvalue weighted by molar-refractivity contribution is 0.112. The van der Waals surface area contributed by atoms with Crippen molar-refractivity contribution in [3.05, 3.63) is 17.5 Å². The SMILES string of the molecule is CCCn1ncc(C=O)c1C1CC1. The second-order valence-electron chi connectivity index (χ2n) is 3.60. The first-order chi connectivity index (χ1) is 6.36. The minimum Gasteiger partial charge on any atom is -0.298 e. The van der Waals surface area contributed by atoms with Gasteiger partial charge in [0.05, 0.1) is 17.5 Å². The first-order valence-corrected chi connectivity index (χ1v) is 4.87. The lowest BCUT2D eigenvalue weighted by atomic mass is 10.2. The number of carbonyl (C=O) groups is 1. The fourth-order valence-electron chi connectivity index (χ4n) is 1.69. The van der Waals surface area contributed by atoms with Crippen LogP contribution in [0.3, 0.4) is 0 Å². The Kier molecular flexibility index (Phi) is 2.17. The smallest absolute Gasteiger partial charge is 0.153 e. The molecule has 0 aromatic carbocycles. The average molecular weight is 178 g/mol. The van der Waals surface area contributed by atoms with Gasteiger partial charge in [-0.1, -0.05) is 6.92 Å². The summed E-state index contributed by atoms with van der Waals surface area (Å²) in [5, 5.41) is 4.22. The highest BCUT2D eigenvalue weighted by Gasteiger charge is 2.29. The zero-order valence-corrected chi connectivity index (χ0v) is 7.86. The van der Waals surface area contributed by atoms with Crippen molar-refractivity contribution >= 4 is 6.29 Å². The largest absolute Gasteiger partial charge is 0.298 e. The number of hydrogen-bond donors (Lipinski definition) is 0. The van der Waals surface area contributed by atoms with Crippen LogP contribution in [-0.2, 0) is 6.54 Å². The molecule has 70 valence electrons. The van der Waals surface area contributed by atoms with Gasteiger partial charge in [-0.3, -0.25) is 9.48 Å². The second kappa shape index (κ2) is 3.32. The minimum absolute atomic E-state index is 0.606. The predicted molar refractivity (Wildman–Crippen MR) is 49.9 cm³/mol. The molecule has 1 fully saturated rings. The molecule has 1 saturated carbocycles. The molecule has 3 nitrogen and oxygen atoms in total. The van der Waals surface area contributed by atoms with Crippen molar-refractivity contribution in [2.45, 2.75) is 38.6 Å². The average Bonchev–Trinajstić information content (AvgIpc) is 2.89. The van der Waals surface area contributed by atoms with Crippen molar-refractivity contribution < 1.29 is 4.79 Å². The van der Waals surface area contributed by atoms with Gasteiger partial charge in [0.2, 0.25) is 0 Å². The van der Waals surface area contributed by atoms with Gasteiger partial charge >= 0.3 is 0 Å². The summed E-state index contributed by atoms with van der Waals surface area (Å²) in [4.78, 5) is 10.7. The summed E-state index contributed by atoms with van der Waals surface area (Å²) < 4.78 is 1.99. The summed E-state index contributed by atoms with van der Waals surface area (Å²) in [5.74, 6) is 0.606. The number of aldehydes is 1. The van der Waals surface area contributed by atoms with Crippen LogP contribution in [0.25, 0.3) is 0 Å². The fourth-order valence-corrected chi connectivity index (χ4v) is 1.69. The molecule has 3 heteroatoms. The van der Waals surface area contributed by atoms with Gasteiger partial charge in [0.1, 0.15) is 0 Å². The minimum atomic E-state index is 0.606. The monoisotopic (exact) mass is 178 g/mol. The molecule has 0 unspecified atom stereocenters. The second-order valence-corrected chi connectivity index (χ2v) is 3.60. The highest BCUT2D eigenvalue weighted by atomic mass is 16.1. The Labute approximate surface area is 77.7 Å². The Balaban J connectivity index is 2.32. The molecule has 0 spiro atoms. The van der Waals surface area contributed by atoms with Crippen molar-refractivity contribution in [2.24, 2.45) is 0 Å². The Bertz CT molecular complexity index is 313. The summed E-state index contributed by atoms with van der Waals surface area (Å²) in [6.45, 7) is 3.05. The van der Waals surface area contributed by atoms with E-state index in [9.17, 15) is 4.79 Å². The molecule has 1 aliphatic carbocycles. The number of hydrogen-bond acceptors (Lipinski definition) is 2. The number of rotatable bonds is 4. The first-order valence-electron chi connectivity index (χ1n) is 4.87. The zero-order valence-electron chi connectivity index (χ0n) is 7.86. The van der Waals surface area contributed by atoms with E-state index < -0.39 is 0 Å². The Morgan fingerprint density at radius 2 is 2.46 bits per heavy atom. The van der Waals surface area contributed by atoms with Crippen LogP contribution in [0.1, 0.15) is 48.2 Å². The lowest BCUT2D eigenvalue weighted by Gasteiger charge is -2.04. The van der Waals surface area contributed by atoms with Gasteiger partial charge in [0.25, 0.3) is 0 Å². The van der Waals surface area contributed by atoms with Gasteiger partial charge in [-0.05, 0) is 19.3 Å². The van der Waals surface area contributed by atoms with Crippen LogP contribution in [0.5, 0.6) is 0 Å². The molecule has 0 radical (unpaired) electrons. The van der Waals surface area contributed by atoms with Gasteiger partial charge < -0.3 is 0 Å². The van der Waals surface area contributed by atoms with E-state index in [1.54, 1.807) is 6.20 Å². The highest BCUT2D eigenvalue weighted by Crippen LogP contribution is 2.41. The van der Waals surface area contributed by atoms with Crippen LogP contribution < -0.4 is 0 Å². The topological polar surface area (TPSA) is 34.9 Å². The van der Waals surface area contributed by atoms with Gasteiger partial charge in [-0.15, -0.1) is 0 Å². The summed E-state index contributed by atoms with van der Waals surface area (Å²) in [6, 6.07) is 0. The van der Waals surface area contributed by atoms with Crippen LogP contribution >= 0.6 is 0 Å². The maximum absolute atomic E-state index is 10.7. The van der Waals surface area contributed by atoms with E-state index >= 15 is 0 Å². The van der Waals surface area contributed by atoms with Crippen LogP contribution in [0.4, 0.5) is 0 Å². The summed E-state index contributed by atoms with van der Waals surface area (Å²) in [7, 11) is 0. The maximum Gasteiger partial charge on any atom is 0.153 e.